The summed E-state index contributed by atoms with van der Waals surface area (Å²) < 4.78 is 5.41. The Morgan fingerprint density at radius 2 is 2.00 bits per heavy atom. The van der Waals surface area contributed by atoms with E-state index in [0.29, 0.717) is 35.7 Å². The molecule has 2 aromatic heterocycles. The van der Waals surface area contributed by atoms with Crippen LogP contribution >= 0.6 is 0 Å². The van der Waals surface area contributed by atoms with Gasteiger partial charge in [0.25, 0.3) is 0 Å². The monoisotopic (exact) mass is 441 g/mol. The van der Waals surface area contributed by atoms with Crippen molar-refractivity contribution in [2.45, 2.75) is 19.3 Å². The topological polar surface area (TPSA) is 84.5 Å². The minimum absolute atomic E-state index is 0.0712. The molecule has 0 spiro atoms. The molecule has 0 saturated heterocycles. The average Bonchev–Trinajstić information content (AvgIpc) is 3.23. The number of fused-ring (bicyclic) bond motifs is 3. The molecule has 0 fully saturated rings. The van der Waals surface area contributed by atoms with Crippen LogP contribution in [-0.4, -0.2) is 35.9 Å². The van der Waals surface area contributed by atoms with Crippen LogP contribution in [0, 0.1) is 0 Å². The number of pyridine rings is 1. The van der Waals surface area contributed by atoms with E-state index in [1.807, 2.05) is 60.7 Å². The largest absolute Gasteiger partial charge is 0.497 e. The second-order valence-corrected chi connectivity index (χ2v) is 7.94. The van der Waals surface area contributed by atoms with Crippen molar-refractivity contribution in [1.29, 1.82) is 0 Å². The summed E-state index contributed by atoms with van der Waals surface area (Å²) in [6.07, 6.45) is 4.10. The van der Waals surface area contributed by atoms with E-state index in [-0.39, 0.29) is 12.3 Å². The van der Waals surface area contributed by atoms with Crippen LogP contribution in [0.25, 0.3) is 33.1 Å². The number of carbonyl (C=O) groups is 2. The van der Waals surface area contributed by atoms with Gasteiger partial charge in [0.2, 0.25) is 0 Å². The van der Waals surface area contributed by atoms with Gasteiger partial charge in [-0.2, -0.15) is 5.06 Å². The van der Waals surface area contributed by atoms with E-state index in [1.165, 1.54) is 5.06 Å². The van der Waals surface area contributed by atoms with Crippen LogP contribution in [0.5, 0.6) is 5.75 Å². The second-order valence-electron chi connectivity index (χ2n) is 7.94. The third-order valence-corrected chi connectivity index (χ3v) is 5.92. The van der Waals surface area contributed by atoms with E-state index >= 15 is 0 Å². The second kappa shape index (κ2) is 8.78. The summed E-state index contributed by atoms with van der Waals surface area (Å²) in [6, 6.07) is 17.5. The van der Waals surface area contributed by atoms with Gasteiger partial charge in [0.15, 0.2) is 11.6 Å². The predicted molar refractivity (Wildman–Crippen MR) is 127 cm³/mol. The molecule has 4 aromatic rings. The zero-order chi connectivity index (χ0) is 22.8. The Morgan fingerprint density at radius 1 is 1.12 bits per heavy atom. The molecule has 7 nitrogen and oxygen atoms in total. The molecule has 0 radical (unpaired) electrons. The van der Waals surface area contributed by atoms with E-state index in [1.54, 1.807) is 7.11 Å². The minimum atomic E-state index is 0.0712. The molecule has 1 aliphatic carbocycles. The highest BCUT2D eigenvalue weighted by Crippen LogP contribution is 2.36. The lowest BCUT2D eigenvalue weighted by Crippen LogP contribution is -2.29. The lowest BCUT2D eigenvalue weighted by Gasteiger charge is -2.23. The molecule has 5 rings (SSSR count). The van der Waals surface area contributed by atoms with Crippen molar-refractivity contribution in [3.05, 3.63) is 66.2 Å². The van der Waals surface area contributed by atoms with Crippen LogP contribution in [0.1, 0.15) is 19.3 Å². The quantitative estimate of drug-likeness (QED) is 0.322. The molecular formula is C26H23N3O4. The van der Waals surface area contributed by atoms with E-state index in [2.05, 4.69) is 4.98 Å². The van der Waals surface area contributed by atoms with Gasteiger partial charge in [0, 0.05) is 33.8 Å². The van der Waals surface area contributed by atoms with E-state index in [9.17, 15) is 9.59 Å². The standard InChI is InChI=1S/C26H23N3O4/c1-32-19-9-6-8-17(13-19)25-26-21(20-10-3-4-11-22(20)27-26)14-24(28-25)29(33-16-30)15-18-7-2-5-12-23(18)31/h3-4,6-11,13-14,16,27H,2,5,12,15H2,1H3. The number of H-pyrrole nitrogens is 1. The minimum Gasteiger partial charge on any atom is -0.497 e. The zero-order valence-corrected chi connectivity index (χ0v) is 18.2. The van der Waals surface area contributed by atoms with Crippen LogP contribution in [0.15, 0.2) is 66.2 Å². The first-order valence-electron chi connectivity index (χ1n) is 10.8. The van der Waals surface area contributed by atoms with Crippen molar-refractivity contribution in [3.8, 4) is 17.0 Å². The highest BCUT2D eigenvalue weighted by Gasteiger charge is 2.22. The first-order valence-corrected chi connectivity index (χ1v) is 10.8. The molecule has 0 unspecified atom stereocenters. The zero-order valence-electron chi connectivity index (χ0n) is 18.2. The number of nitrogens with one attached hydrogen (secondary N) is 1. The number of hydrogen-bond donors (Lipinski definition) is 1. The maximum atomic E-state index is 12.4. The van der Waals surface area contributed by atoms with E-state index in [0.717, 1.165) is 40.2 Å². The number of allylic oxidation sites excluding steroid dienone is 1. The first-order chi connectivity index (χ1) is 16.2. The highest BCUT2D eigenvalue weighted by atomic mass is 16.7. The number of benzene rings is 2. The molecule has 33 heavy (non-hydrogen) atoms. The molecule has 2 aromatic carbocycles. The Kier molecular flexibility index (Phi) is 5.52. The summed E-state index contributed by atoms with van der Waals surface area (Å²) in [5.41, 5.74) is 4.02. The Hall–Kier alpha value is -4.13. The Balaban J connectivity index is 1.70. The molecule has 0 aliphatic heterocycles. The number of ether oxygens (including phenoxy) is 1. The summed E-state index contributed by atoms with van der Waals surface area (Å²) in [4.78, 5) is 37.4. The van der Waals surface area contributed by atoms with Gasteiger partial charge in [-0.3, -0.25) is 9.59 Å². The van der Waals surface area contributed by atoms with Crippen LogP contribution in [0.4, 0.5) is 5.82 Å². The molecule has 1 N–H and O–H groups in total. The Morgan fingerprint density at radius 3 is 2.82 bits per heavy atom. The van der Waals surface area contributed by atoms with Crippen molar-refractivity contribution >= 4 is 39.9 Å². The van der Waals surface area contributed by atoms with Crippen molar-refractivity contribution in [2.75, 3.05) is 18.7 Å². The molecule has 7 heteroatoms. The summed E-state index contributed by atoms with van der Waals surface area (Å²) in [6.45, 7) is 0.510. The fraction of sp³-hybridized carbons (Fsp3) is 0.192. The van der Waals surface area contributed by atoms with Gasteiger partial charge in [0.05, 0.1) is 24.9 Å². The molecule has 0 amide bonds. The Labute approximate surface area is 190 Å². The number of hydroxylamine groups is 1. The number of aromatic amines is 1. The lowest BCUT2D eigenvalue weighted by atomic mass is 9.98. The van der Waals surface area contributed by atoms with Gasteiger partial charge >= 0.3 is 6.47 Å². The highest BCUT2D eigenvalue weighted by molar-refractivity contribution is 6.12. The number of anilines is 1. The smallest absolute Gasteiger partial charge is 0.320 e. The summed E-state index contributed by atoms with van der Waals surface area (Å²) in [5.74, 6) is 1.22. The SMILES string of the molecule is COc1cccc(-c2nc(N(CC3=CCCCC3=O)OC=O)cc3c2[nH]c2ccccc23)c1. The number of ketones is 1. The van der Waals surface area contributed by atoms with Gasteiger partial charge in [-0.25, -0.2) is 4.98 Å². The molecular weight excluding hydrogens is 418 g/mol. The van der Waals surface area contributed by atoms with Crippen molar-refractivity contribution in [1.82, 2.24) is 9.97 Å². The van der Waals surface area contributed by atoms with Crippen LogP contribution in [0.3, 0.4) is 0 Å². The van der Waals surface area contributed by atoms with Crippen LogP contribution < -0.4 is 9.80 Å². The predicted octanol–water partition coefficient (Wildman–Crippen LogP) is 4.97. The van der Waals surface area contributed by atoms with Crippen molar-refractivity contribution in [3.63, 3.8) is 0 Å². The third kappa shape index (κ3) is 3.93. The number of hydrogen-bond acceptors (Lipinski definition) is 6. The number of Topliss-reactive ketones (excluding diaryl/α,β-unsaturated/α-hetero) is 1. The summed E-state index contributed by atoms with van der Waals surface area (Å²) in [7, 11) is 1.62. The molecule has 0 atom stereocenters. The fourth-order valence-electron chi connectivity index (χ4n) is 4.28. The van der Waals surface area contributed by atoms with E-state index < -0.39 is 0 Å². The number of methoxy groups -OCH3 is 1. The summed E-state index contributed by atoms with van der Waals surface area (Å²) in [5, 5.41) is 3.35. The van der Waals surface area contributed by atoms with Crippen LogP contribution in [0.2, 0.25) is 0 Å². The van der Waals surface area contributed by atoms with E-state index in [4.69, 9.17) is 14.6 Å². The van der Waals surface area contributed by atoms with Gasteiger partial charge in [0.1, 0.15) is 5.75 Å². The van der Waals surface area contributed by atoms with Crippen molar-refractivity contribution < 1.29 is 19.2 Å². The average molecular weight is 441 g/mol. The number of nitrogens with zero attached hydrogens (tertiary/aromatic N) is 2. The number of aromatic nitrogens is 2. The van der Waals surface area contributed by atoms with Gasteiger partial charge in [-0.1, -0.05) is 36.4 Å². The molecule has 2 heterocycles. The summed E-state index contributed by atoms with van der Waals surface area (Å²) >= 11 is 0. The third-order valence-electron chi connectivity index (χ3n) is 5.92. The number of carbonyl (C=O) groups excluding carboxylic acids is 2. The molecule has 166 valence electrons. The van der Waals surface area contributed by atoms with Crippen molar-refractivity contribution in [2.24, 2.45) is 0 Å². The van der Waals surface area contributed by atoms with Crippen LogP contribution in [-0.2, 0) is 14.4 Å². The fourth-order valence-corrected chi connectivity index (χ4v) is 4.28. The van der Waals surface area contributed by atoms with Gasteiger partial charge in [-0.15, -0.1) is 0 Å². The Bertz CT molecular complexity index is 1390. The normalized spacial score (nSPS) is 13.7. The van der Waals surface area contributed by atoms with Gasteiger partial charge in [-0.05, 0) is 37.1 Å². The maximum absolute atomic E-state index is 12.4. The molecule has 0 bridgehead atoms. The molecule has 1 aliphatic rings. The van der Waals surface area contributed by atoms with Gasteiger partial charge < -0.3 is 14.6 Å². The number of rotatable bonds is 7. The first kappa shape index (κ1) is 20.8. The maximum Gasteiger partial charge on any atom is 0.320 e. The number of para-hydroxylation sites is 1. The lowest BCUT2D eigenvalue weighted by molar-refractivity contribution is -0.130. The molecule has 0 saturated carbocycles.